The van der Waals surface area contributed by atoms with Gasteiger partial charge in [-0.3, -0.25) is 51.5 Å². The Morgan fingerprint density at radius 3 is 2.00 bits per heavy atom. The second-order valence-corrected chi connectivity index (χ2v) is 5.62. The van der Waals surface area contributed by atoms with Crippen LogP contribution in [-0.2, 0) is 0 Å². The number of nitro benzene ring substituents is 1. The van der Waals surface area contributed by atoms with E-state index in [9.17, 15) is 29.8 Å². The van der Waals surface area contributed by atoms with E-state index >= 15 is 0 Å². The summed E-state index contributed by atoms with van der Waals surface area (Å²) in [5.41, 5.74) is 8.12. The molecule has 2 aromatic heterocycles. The van der Waals surface area contributed by atoms with Gasteiger partial charge in [-0.15, -0.1) is 0 Å². The lowest BCUT2D eigenvalue weighted by molar-refractivity contribution is -0.384. The maximum Gasteiger partial charge on any atom is 0.356 e. The van der Waals surface area contributed by atoms with E-state index in [1.807, 2.05) is 0 Å². The largest absolute Gasteiger partial charge is 0.459 e. The number of nitro groups is 2. The molecule has 1 aromatic carbocycles. The van der Waals surface area contributed by atoms with Gasteiger partial charge in [0.15, 0.2) is 5.76 Å². The van der Waals surface area contributed by atoms with Crippen LogP contribution in [0.5, 0.6) is 0 Å². The summed E-state index contributed by atoms with van der Waals surface area (Å²) in [5.74, 6) is -2.24. The number of amides is 2. The van der Waals surface area contributed by atoms with Crippen molar-refractivity contribution >= 4 is 34.8 Å². The molecule has 3 rings (SSSR count). The minimum Gasteiger partial charge on any atom is -0.459 e. The molecule has 15 heteroatoms. The number of rotatable bonds is 8. The molecule has 0 aliphatic heterocycles. The molecular weight excluding hydrogens is 416 g/mol. The molecule has 0 radical (unpaired) electrons. The van der Waals surface area contributed by atoms with Gasteiger partial charge in [0.25, 0.3) is 11.6 Å². The summed E-state index contributed by atoms with van der Waals surface area (Å²) < 4.78 is 4.90. The van der Waals surface area contributed by atoms with Crippen LogP contribution in [0.15, 0.2) is 53.4 Å². The number of nitrogens with zero attached hydrogens (tertiary/aromatic N) is 4. The predicted octanol–water partition coefficient (Wildman–Crippen LogP) is 1.40. The quantitative estimate of drug-likeness (QED) is 0.298. The summed E-state index contributed by atoms with van der Waals surface area (Å²) in [5, 5.41) is 22.1. The van der Waals surface area contributed by atoms with Crippen molar-refractivity contribution in [2.75, 3.05) is 10.9 Å². The Kier molecular flexibility index (Phi) is 5.96. The van der Waals surface area contributed by atoms with Crippen LogP contribution in [-0.4, -0.2) is 31.6 Å². The van der Waals surface area contributed by atoms with Crippen molar-refractivity contribution in [3.05, 3.63) is 80.5 Å². The van der Waals surface area contributed by atoms with E-state index < -0.39 is 27.3 Å². The summed E-state index contributed by atoms with van der Waals surface area (Å²) in [7, 11) is 0. The monoisotopic (exact) mass is 428 g/mol. The zero-order valence-electron chi connectivity index (χ0n) is 15.3. The highest BCUT2D eigenvalue weighted by atomic mass is 16.6. The Morgan fingerprint density at radius 1 is 0.871 bits per heavy atom. The molecule has 0 aliphatic rings. The van der Waals surface area contributed by atoms with Crippen LogP contribution in [0, 0.1) is 20.2 Å². The van der Waals surface area contributed by atoms with Crippen molar-refractivity contribution in [1.82, 2.24) is 20.8 Å². The molecule has 0 saturated heterocycles. The molecule has 0 saturated carbocycles. The molecule has 2 amide bonds. The average molecular weight is 428 g/mol. The van der Waals surface area contributed by atoms with E-state index in [-0.39, 0.29) is 28.6 Å². The molecule has 2 heterocycles. The van der Waals surface area contributed by atoms with Gasteiger partial charge in [0.05, 0.1) is 16.1 Å². The maximum atomic E-state index is 12.2. The number of hydrogen-bond acceptors (Lipinski definition) is 11. The fraction of sp³-hybridized carbons (Fsp3) is 0. The number of carbonyl (C=O) groups is 2. The molecule has 0 atom stereocenters. The number of carbonyl (C=O) groups excluding carboxylic acids is 2. The number of non-ortho nitro benzene ring substituents is 1. The van der Waals surface area contributed by atoms with Crippen LogP contribution in [0.2, 0.25) is 0 Å². The van der Waals surface area contributed by atoms with Gasteiger partial charge in [-0.25, -0.2) is 9.97 Å². The zero-order valence-corrected chi connectivity index (χ0v) is 15.3. The predicted molar refractivity (Wildman–Crippen MR) is 103 cm³/mol. The molecule has 15 nitrogen and oxygen atoms in total. The van der Waals surface area contributed by atoms with E-state index in [0.717, 1.165) is 18.5 Å². The third-order valence-electron chi connectivity index (χ3n) is 3.68. The fourth-order valence-electron chi connectivity index (χ4n) is 2.24. The number of hydrazine groups is 2. The lowest BCUT2D eigenvalue weighted by Gasteiger charge is -2.11. The Bertz CT molecular complexity index is 1130. The number of nitrogens with one attached hydrogen (secondary N) is 4. The molecule has 0 bridgehead atoms. The Morgan fingerprint density at radius 2 is 1.48 bits per heavy atom. The summed E-state index contributed by atoms with van der Waals surface area (Å²) >= 11 is 0. The van der Waals surface area contributed by atoms with E-state index in [1.165, 1.54) is 30.5 Å². The molecular formula is C16H12N8O7. The molecule has 31 heavy (non-hydrogen) atoms. The first-order chi connectivity index (χ1) is 14.9. The second-order valence-electron chi connectivity index (χ2n) is 5.62. The normalized spacial score (nSPS) is 10.1. The molecule has 0 aliphatic carbocycles. The van der Waals surface area contributed by atoms with Crippen molar-refractivity contribution in [1.29, 1.82) is 0 Å². The van der Waals surface area contributed by atoms with Gasteiger partial charge in [0, 0.05) is 17.7 Å². The van der Waals surface area contributed by atoms with Crippen LogP contribution >= 0.6 is 0 Å². The van der Waals surface area contributed by atoms with E-state index in [4.69, 9.17) is 4.42 Å². The van der Waals surface area contributed by atoms with Gasteiger partial charge in [-0.05, 0) is 24.3 Å². The van der Waals surface area contributed by atoms with Crippen LogP contribution in [0.3, 0.4) is 0 Å². The smallest absolute Gasteiger partial charge is 0.356 e. The van der Waals surface area contributed by atoms with E-state index in [0.29, 0.717) is 0 Å². The minimum atomic E-state index is -0.832. The Hall–Kier alpha value is -5.08. The summed E-state index contributed by atoms with van der Waals surface area (Å²) in [6, 6.07) is 7.54. The third kappa shape index (κ3) is 4.86. The van der Waals surface area contributed by atoms with E-state index in [1.54, 1.807) is 0 Å². The number of hydrogen-bond donors (Lipinski definition) is 4. The first-order valence-corrected chi connectivity index (χ1v) is 8.27. The van der Waals surface area contributed by atoms with Crippen molar-refractivity contribution in [2.24, 2.45) is 0 Å². The highest BCUT2D eigenvalue weighted by molar-refractivity contribution is 5.95. The molecule has 158 valence electrons. The number of benzene rings is 1. The van der Waals surface area contributed by atoms with Crippen molar-refractivity contribution in [3.63, 3.8) is 0 Å². The Balaban J connectivity index is 1.71. The first-order valence-electron chi connectivity index (χ1n) is 8.27. The molecule has 0 fully saturated rings. The second kappa shape index (κ2) is 8.95. The third-order valence-corrected chi connectivity index (χ3v) is 3.68. The highest BCUT2D eigenvalue weighted by Gasteiger charge is 2.24. The summed E-state index contributed by atoms with van der Waals surface area (Å²) in [6.45, 7) is 0. The van der Waals surface area contributed by atoms with Crippen LogP contribution in [0.4, 0.5) is 23.0 Å². The van der Waals surface area contributed by atoms with Gasteiger partial charge < -0.3 is 4.42 Å². The SMILES string of the molecule is O=C(NNc1ncnc(NNC(=O)c2ccco2)c1[N+](=O)[O-])c1ccc([N+](=O)[O-])cc1. The number of anilines is 2. The molecule has 3 aromatic rings. The van der Waals surface area contributed by atoms with Crippen molar-refractivity contribution in [2.45, 2.75) is 0 Å². The average Bonchev–Trinajstić information content (AvgIpc) is 3.30. The van der Waals surface area contributed by atoms with Gasteiger partial charge in [-0.2, -0.15) is 0 Å². The highest BCUT2D eigenvalue weighted by Crippen LogP contribution is 2.27. The van der Waals surface area contributed by atoms with Crippen LogP contribution in [0.1, 0.15) is 20.9 Å². The topological polar surface area (TPSA) is 207 Å². The lowest BCUT2D eigenvalue weighted by Crippen LogP contribution is -2.32. The van der Waals surface area contributed by atoms with Gasteiger partial charge in [-0.1, -0.05) is 0 Å². The standard InChI is InChI=1S/C16H12N8O7/c25-15(9-3-5-10(6-4-9)23(27)28)21-19-13-12(24(29)30)14(18-8-17-13)20-22-16(26)11-2-1-7-31-11/h1-8H,(H,21,25)(H,22,26)(H2,17,18,19,20). The number of aromatic nitrogens is 2. The van der Waals surface area contributed by atoms with Gasteiger partial charge >= 0.3 is 11.6 Å². The summed E-state index contributed by atoms with van der Waals surface area (Å²) in [4.78, 5) is 52.1. The minimum absolute atomic E-state index is 0.0436. The summed E-state index contributed by atoms with van der Waals surface area (Å²) in [6.07, 6.45) is 2.23. The lowest BCUT2D eigenvalue weighted by atomic mass is 10.2. The number of furan rings is 1. The molecule has 0 unspecified atom stereocenters. The molecule has 0 spiro atoms. The maximum absolute atomic E-state index is 12.2. The van der Waals surface area contributed by atoms with Crippen molar-refractivity contribution < 1.29 is 23.9 Å². The van der Waals surface area contributed by atoms with Crippen LogP contribution in [0.25, 0.3) is 0 Å². The Labute approximate surface area is 171 Å². The zero-order chi connectivity index (χ0) is 22.4. The molecule has 4 N–H and O–H groups in total. The first kappa shape index (κ1) is 20.6. The fourth-order valence-corrected chi connectivity index (χ4v) is 2.24. The van der Waals surface area contributed by atoms with Crippen molar-refractivity contribution in [3.8, 4) is 0 Å². The van der Waals surface area contributed by atoms with Crippen LogP contribution < -0.4 is 21.7 Å². The van der Waals surface area contributed by atoms with E-state index in [2.05, 4.69) is 31.7 Å². The van der Waals surface area contributed by atoms with Gasteiger partial charge in [0.1, 0.15) is 6.33 Å². The van der Waals surface area contributed by atoms with Gasteiger partial charge in [0.2, 0.25) is 11.6 Å².